The normalized spacial score (nSPS) is 20.3. The maximum Gasteiger partial charge on any atom is 0.262 e. The molecule has 2 fully saturated rings. The van der Waals surface area contributed by atoms with Gasteiger partial charge in [-0.2, -0.15) is 5.10 Å². The van der Waals surface area contributed by atoms with Crippen LogP contribution in [-0.4, -0.2) is 58.7 Å². The number of fused-ring (bicyclic) bond motifs is 1. The summed E-state index contributed by atoms with van der Waals surface area (Å²) in [6, 6.07) is 1.35. The highest BCUT2D eigenvalue weighted by molar-refractivity contribution is 7.20. The van der Waals surface area contributed by atoms with E-state index in [-0.39, 0.29) is 11.8 Å². The van der Waals surface area contributed by atoms with Gasteiger partial charge in [-0.1, -0.05) is 0 Å². The molecule has 0 aliphatic carbocycles. The number of amides is 2. The minimum absolute atomic E-state index is 0.0168. The number of aryl methyl sites for hydroxylation is 2. The van der Waals surface area contributed by atoms with Crippen molar-refractivity contribution in [2.45, 2.75) is 39.2 Å². The van der Waals surface area contributed by atoms with Crippen molar-refractivity contribution >= 4 is 33.4 Å². The Labute approximate surface area is 163 Å². The van der Waals surface area contributed by atoms with E-state index in [0.717, 1.165) is 54.9 Å². The molecule has 2 aromatic rings. The lowest BCUT2D eigenvalue weighted by molar-refractivity contribution is -0.135. The number of likely N-dealkylation sites (tertiary alicyclic amines) is 1. The highest BCUT2D eigenvalue weighted by Crippen LogP contribution is 2.37. The lowest BCUT2D eigenvalue weighted by atomic mass is 9.78. The van der Waals surface area contributed by atoms with Gasteiger partial charge in [0.15, 0.2) is 0 Å². The lowest BCUT2D eigenvalue weighted by Gasteiger charge is -2.39. The molecule has 4 rings (SSSR count). The Bertz CT molecular complexity index is 836. The summed E-state index contributed by atoms with van der Waals surface area (Å²) in [5.41, 5.74) is 1.29. The van der Waals surface area contributed by atoms with E-state index in [9.17, 15) is 9.59 Å². The number of nitrogens with one attached hydrogen (secondary N) is 2. The standard InChI is InChI=1S/C19H27N5O2S/c1-12-14-10-15(27-18(14)23(3)22-12)16(25)21-13(2)17(26)24-8-5-19(6-9-24)4-7-20-11-19/h10,13,20H,4-9,11H2,1-3H3,(H,21,25). The molecule has 0 aromatic carbocycles. The van der Waals surface area contributed by atoms with Gasteiger partial charge in [0.25, 0.3) is 5.91 Å². The highest BCUT2D eigenvalue weighted by Gasteiger charge is 2.38. The second kappa shape index (κ2) is 6.91. The number of hydrogen-bond donors (Lipinski definition) is 2. The average Bonchev–Trinajstić information content (AvgIpc) is 3.34. The largest absolute Gasteiger partial charge is 0.341 e. The number of hydrogen-bond acceptors (Lipinski definition) is 5. The summed E-state index contributed by atoms with van der Waals surface area (Å²) in [5, 5.41) is 11.7. The Morgan fingerprint density at radius 3 is 2.70 bits per heavy atom. The van der Waals surface area contributed by atoms with Crippen LogP contribution >= 0.6 is 11.3 Å². The number of rotatable bonds is 3. The molecule has 146 valence electrons. The van der Waals surface area contributed by atoms with Crippen molar-refractivity contribution in [2.75, 3.05) is 26.2 Å². The Kier molecular flexibility index (Phi) is 4.71. The van der Waals surface area contributed by atoms with E-state index in [4.69, 9.17) is 0 Å². The van der Waals surface area contributed by atoms with Crippen molar-refractivity contribution in [1.82, 2.24) is 25.3 Å². The third-order valence-electron chi connectivity index (χ3n) is 6.11. The molecule has 2 amide bonds. The van der Waals surface area contributed by atoms with Gasteiger partial charge in [0.05, 0.1) is 10.6 Å². The molecule has 1 atom stereocenters. The molecular weight excluding hydrogens is 362 g/mol. The van der Waals surface area contributed by atoms with Gasteiger partial charge in [-0.3, -0.25) is 14.3 Å². The van der Waals surface area contributed by atoms with Crippen molar-refractivity contribution in [3.8, 4) is 0 Å². The number of piperidine rings is 1. The van der Waals surface area contributed by atoms with Gasteiger partial charge < -0.3 is 15.5 Å². The van der Waals surface area contributed by atoms with E-state index in [1.54, 1.807) is 11.6 Å². The third-order valence-corrected chi connectivity index (χ3v) is 7.31. The lowest BCUT2D eigenvalue weighted by Crippen LogP contribution is -2.51. The summed E-state index contributed by atoms with van der Waals surface area (Å²) in [6.07, 6.45) is 3.31. The Balaban J connectivity index is 1.37. The number of carbonyl (C=O) groups is 2. The van der Waals surface area contributed by atoms with Crippen LogP contribution in [0.25, 0.3) is 10.2 Å². The molecule has 1 unspecified atom stereocenters. The topological polar surface area (TPSA) is 79.3 Å². The van der Waals surface area contributed by atoms with Crippen molar-refractivity contribution < 1.29 is 9.59 Å². The van der Waals surface area contributed by atoms with Gasteiger partial charge in [-0.25, -0.2) is 0 Å². The fourth-order valence-electron chi connectivity index (χ4n) is 4.34. The quantitative estimate of drug-likeness (QED) is 0.837. The third kappa shape index (κ3) is 3.36. The molecule has 2 aromatic heterocycles. The van der Waals surface area contributed by atoms with Crippen LogP contribution in [0.3, 0.4) is 0 Å². The van der Waals surface area contributed by atoms with Crippen LogP contribution in [0, 0.1) is 12.3 Å². The molecule has 0 saturated carbocycles. The van der Waals surface area contributed by atoms with Gasteiger partial charge in [0, 0.05) is 32.1 Å². The first kappa shape index (κ1) is 18.4. The summed E-state index contributed by atoms with van der Waals surface area (Å²) in [4.78, 5) is 28.9. The molecule has 2 N–H and O–H groups in total. The first-order valence-electron chi connectivity index (χ1n) is 9.62. The molecule has 1 spiro atoms. The van der Waals surface area contributed by atoms with Crippen LogP contribution < -0.4 is 10.6 Å². The van der Waals surface area contributed by atoms with Gasteiger partial charge in [-0.15, -0.1) is 11.3 Å². The zero-order valence-corrected chi connectivity index (χ0v) is 17.0. The van der Waals surface area contributed by atoms with Crippen LogP contribution in [0.4, 0.5) is 0 Å². The molecule has 2 aliphatic heterocycles. The van der Waals surface area contributed by atoms with E-state index >= 15 is 0 Å². The van der Waals surface area contributed by atoms with Crippen LogP contribution in [0.5, 0.6) is 0 Å². The minimum Gasteiger partial charge on any atom is -0.341 e. The molecule has 4 heterocycles. The van der Waals surface area contributed by atoms with Crippen LogP contribution in [0.2, 0.25) is 0 Å². The van der Waals surface area contributed by atoms with Gasteiger partial charge >= 0.3 is 0 Å². The SMILES string of the molecule is Cc1nn(C)c2sc(C(=O)NC(C)C(=O)N3CCC4(CCNC4)CC3)cc12. The second-order valence-corrected chi connectivity index (χ2v) is 9.02. The zero-order valence-electron chi connectivity index (χ0n) is 16.2. The Morgan fingerprint density at radius 2 is 2.07 bits per heavy atom. The highest BCUT2D eigenvalue weighted by atomic mass is 32.1. The molecule has 0 radical (unpaired) electrons. The maximum atomic E-state index is 12.8. The summed E-state index contributed by atoms with van der Waals surface area (Å²) in [6.45, 7) is 7.45. The molecule has 27 heavy (non-hydrogen) atoms. The van der Waals surface area contributed by atoms with Crippen LogP contribution in [0.15, 0.2) is 6.07 Å². The first-order chi connectivity index (χ1) is 12.9. The van der Waals surface area contributed by atoms with E-state index in [1.165, 1.54) is 17.8 Å². The number of thiophene rings is 1. The molecule has 8 heteroatoms. The van der Waals surface area contributed by atoms with Crippen LogP contribution in [-0.2, 0) is 11.8 Å². The van der Waals surface area contributed by atoms with E-state index < -0.39 is 6.04 Å². The molecule has 2 saturated heterocycles. The van der Waals surface area contributed by atoms with Gasteiger partial charge in [-0.05, 0) is 51.1 Å². The zero-order chi connectivity index (χ0) is 19.2. The summed E-state index contributed by atoms with van der Waals surface area (Å²) in [7, 11) is 1.88. The van der Waals surface area contributed by atoms with Crippen LogP contribution in [0.1, 0.15) is 41.6 Å². The maximum absolute atomic E-state index is 12.8. The molecule has 2 aliphatic rings. The first-order valence-corrected chi connectivity index (χ1v) is 10.4. The summed E-state index contributed by atoms with van der Waals surface area (Å²) in [5.74, 6) is -0.173. The van der Waals surface area contributed by atoms with Crippen molar-refractivity contribution in [1.29, 1.82) is 0 Å². The monoisotopic (exact) mass is 389 g/mol. The predicted octanol–water partition coefficient (Wildman–Crippen LogP) is 1.66. The fraction of sp³-hybridized carbons (Fsp3) is 0.632. The molecule has 7 nitrogen and oxygen atoms in total. The van der Waals surface area contributed by atoms with Crippen molar-refractivity contribution in [3.05, 3.63) is 16.6 Å². The molecule has 0 bridgehead atoms. The van der Waals surface area contributed by atoms with Crippen molar-refractivity contribution in [2.24, 2.45) is 12.5 Å². The molecular formula is C19H27N5O2S. The van der Waals surface area contributed by atoms with Gasteiger partial charge in [0.2, 0.25) is 5.91 Å². The Hall–Kier alpha value is -1.93. The van der Waals surface area contributed by atoms with Crippen molar-refractivity contribution in [3.63, 3.8) is 0 Å². The van der Waals surface area contributed by atoms with E-state index in [2.05, 4.69) is 15.7 Å². The minimum atomic E-state index is -0.516. The number of nitrogens with zero attached hydrogens (tertiary/aromatic N) is 3. The Morgan fingerprint density at radius 1 is 1.33 bits per heavy atom. The summed E-state index contributed by atoms with van der Waals surface area (Å²) < 4.78 is 1.79. The predicted molar refractivity (Wildman–Crippen MR) is 106 cm³/mol. The van der Waals surface area contributed by atoms with E-state index in [1.807, 2.05) is 24.9 Å². The van der Waals surface area contributed by atoms with Gasteiger partial charge in [0.1, 0.15) is 10.9 Å². The van der Waals surface area contributed by atoms with E-state index in [0.29, 0.717) is 10.3 Å². The average molecular weight is 390 g/mol. The fourth-order valence-corrected chi connectivity index (χ4v) is 5.37. The number of aromatic nitrogens is 2. The second-order valence-electron chi connectivity index (χ2n) is 7.99. The summed E-state index contributed by atoms with van der Waals surface area (Å²) >= 11 is 1.41. The number of carbonyl (C=O) groups excluding carboxylic acids is 2. The smallest absolute Gasteiger partial charge is 0.262 e.